The average molecular weight is 309 g/mol. The Bertz CT molecular complexity index is 900. The van der Waals surface area contributed by atoms with Gasteiger partial charge in [-0.3, -0.25) is 4.72 Å². The normalized spacial score (nSPS) is 12.1. The van der Waals surface area contributed by atoms with Crippen LogP contribution in [0, 0.1) is 0 Å². The fraction of sp³-hybridized carbons (Fsp3) is 0.143. The summed E-state index contributed by atoms with van der Waals surface area (Å²) in [6, 6.07) is 11.5. The number of aromatic amines is 1. The fourth-order valence-corrected chi connectivity index (χ4v) is 3.16. The van der Waals surface area contributed by atoms with Crippen LogP contribution in [0.5, 0.6) is 0 Å². The lowest BCUT2D eigenvalue weighted by molar-refractivity contribution is 0.614. The Morgan fingerprint density at radius 2 is 2.00 bits per heavy atom. The number of aryl methyl sites for hydroxylation is 1. The van der Waals surface area contributed by atoms with Crippen molar-refractivity contribution in [2.24, 2.45) is 0 Å². The number of anilines is 1. The van der Waals surface area contributed by atoms with Gasteiger partial charge in [-0.15, -0.1) is 0 Å². The molecular weight excluding hydrogens is 296 g/mol. The second-order valence-corrected chi connectivity index (χ2v) is 6.92. The van der Waals surface area contributed by atoms with Crippen LogP contribution in [0.3, 0.4) is 0 Å². The first kappa shape index (κ1) is 13.3. The van der Waals surface area contributed by atoms with Crippen molar-refractivity contribution >= 4 is 47.4 Å². The molecule has 20 heavy (non-hydrogen) atoms. The lowest BCUT2D eigenvalue weighted by atomic mass is 10.1. The van der Waals surface area contributed by atoms with Gasteiger partial charge in [0.25, 0.3) is 0 Å². The number of H-pyrrole nitrogens is 1. The summed E-state index contributed by atoms with van der Waals surface area (Å²) in [4.78, 5) is 3.35. The molecule has 4 nitrogen and oxygen atoms in total. The maximum atomic E-state index is 11.1. The molecule has 6 heteroatoms. The molecule has 3 aromatic rings. The van der Waals surface area contributed by atoms with E-state index in [9.17, 15) is 8.42 Å². The van der Waals surface area contributed by atoms with Crippen LogP contribution in [-0.2, 0) is 15.7 Å². The molecule has 2 aromatic carbocycles. The van der Waals surface area contributed by atoms with Crippen molar-refractivity contribution in [3.8, 4) is 0 Å². The molecule has 1 aromatic heterocycles. The highest BCUT2D eigenvalue weighted by atomic mass is 35.7. The Balaban J connectivity index is 2.23. The van der Waals surface area contributed by atoms with E-state index in [0.29, 0.717) is 5.69 Å². The molecule has 1 heterocycles. The van der Waals surface area contributed by atoms with Gasteiger partial charge in [-0.25, -0.2) is 0 Å². The number of para-hydroxylation sites is 1. The molecule has 3 rings (SSSR count). The van der Waals surface area contributed by atoms with Gasteiger partial charge in [0.1, 0.15) is 0 Å². The molecule has 104 valence electrons. The van der Waals surface area contributed by atoms with Gasteiger partial charge in [0.2, 0.25) is 0 Å². The van der Waals surface area contributed by atoms with Crippen molar-refractivity contribution in [1.29, 1.82) is 0 Å². The third-order valence-corrected chi connectivity index (χ3v) is 4.05. The number of hydrogen-bond donors (Lipinski definition) is 2. The lowest BCUT2D eigenvalue weighted by Crippen LogP contribution is -2.03. The molecule has 0 fully saturated rings. The predicted molar refractivity (Wildman–Crippen MR) is 83.6 cm³/mol. The molecule has 0 aliphatic carbocycles. The highest BCUT2D eigenvalue weighted by Crippen LogP contribution is 2.30. The summed E-state index contributed by atoms with van der Waals surface area (Å²) in [5.41, 5.74) is 3.65. The summed E-state index contributed by atoms with van der Waals surface area (Å²) in [5, 5.41) is 2.20. The molecule has 0 atom stereocenters. The first-order valence-corrected chi connectivity index (χ1v) is 8.54. The number of aromatic nitrogens is 1. The first-order valence-electron chi connectivity index (χ1n) is 6.23. The number of hydrogen-bond acceptors (Lipinski definition) is 2. The molecule has 0 aliphatic rings. The summed E-state index contributed by atoms with van der Waals surface area (Å²) < 4.78 is 24.4. The van der Waals surface area contributed by atoms with Gasteiger partial charge in [-0.2, -0.15) is 8.42 Å². The van der Waals surface area contributed by atoms with Crippen LogP contribution in [-0.4, -0.2) is 13.4 Å². The molecule has 0 spiro atoms. The summed E-state index contributed by atoms with van der Waals surface area (Å²) in [6.07, 6.45) is 0.936. The van der Waals surface area contributed by atoms with E-state index in [1.54, 1.807) is 12.1 Å². The quantitative estimate of drug-likeness (QED) is 0.723. The van der Waals surface area contributed by atoms with Crippen LogP contribution in [0.2, 0.25) is 0 Å². The van der Waals surface area contributed by atoms with E-state index in [4.69, 9.17) is 10.7 Å². The Morgan fingerprint density at radius 1 is 1.20 bits per heavy atom. The average Bonchev–Trinajstić information content (AvgIpc) is 2.74. The highest BCUT2D eigenvalue weighted by Gasteiger charge is 2.09. The third kappa shape index (κ3) is 2.34. The van der Waals surface area contributed by atoms with E-state index >= 15 is 0 Å². The second-order valence-electron chi connectivity index (χ2n) is 4.62. The Hall–Kier alpha value is -1.72. The molecule has 0 unspecified atom stereocenters. The number of halogens is 1. The highest BCUT2D eigenvalue weighted by molar-refractivity contribution is 8.14. The van der Waals surface area contributed by atoms with E-state index in [1.807, 2.05) is 12.1 Å². The van der Waals surface area contributed by atoms with Gasteiger partial charge in [0.05, 0.1) is 5.69 Å². The molecule has 0 saturated heterocycles. The van der Waals surface area contributed by atoms with E-state index < -0.39 is 9.24 Å². The smallest absolute Gasteiger partial charge is 0.319 e. The summed E-state index contributed by atoms with van der Waals surface area (Å²) in [6.45, 7) is 2.10. The number of rotatable bonds is 3. The number of fused-ring (bicyclic) bond motifs is 3. The van der Waals surface area contributed by atoms with E-state index in [2.05, 4.69) is 28.8 Å². The van der Waals surface area contributed by atoms with Gasteiger partial charge in [0, 0.05) is 32.5 Å². The minimum absolute atomic E-state index is 0.442. The molecule has 0 saturated carbocycles. The zero-order chi connectivity index (χ0) is 14.3. The van der Waals surface area contributed by atoms with Crippen molar-refractivity contribution in [3.05, 3.63) is 42.0 Å². The Labute approximate surface area is 121 Å². The molecule has 0 bridgehead atoms. The minimum Gasteiger partial charge on any atom is -0.354 e. The fourth-order valence-electron chi connectivity index (χ4n) is 2.49. The van der Waals surface area contributed by atoms with Crippen LogP contribution in [0.15, 0.2) is 36.4 Å². The predicted octanol–water partition coefficient (Wildman–Crippen LogP) is 3.78. The molecule has 2 N–H and O–H groups in total. The SMILES string of the molecule is CCc1cccc2c1[nH]c1cc(NS(=O)(=O)Cl)ccc12. The van der Waals surface area contributed by atoms with Crippen LogP contribution in [0.4, 0.5) is 5.69 Å². The summed E-state index contributed by atoms with van der Waals surface area (Å²) in [7, 11) is 1.42. The minimum atomic E-state index is -3.78. The largest absolute Gasteiger partial charge is 0.354 e. The second kappa shape index (κ2) is 4.68. The van der Waals surface area contributed by atoms with Crippen molar-refractivity contribution in [1.82, 2.24) is 4.98 Å². The van der Waals surface area contributed by atoms with Crippen LogP contribution in [0.25, 0.3) is 21.8 Å². The maximum absolute atomic E-state index is 11.1. The van der Waals surface area contributed by atoms with Gasteiger partial charge in [0.15, 0.2) is 0 Å². The zero-order valence-electron chi connectivity index (χ0n) is 10.8. The van der Waals surface area contributed by atoms with Crippen molar-refractivity contribution in [3.63, 3.8) is 0 Å². The standard InChI is InChI=1S/C14H13ClN2O2S/c1-2-9-4-3-5-12-11-7-6-10(17-20(15,18)19)8-13(11)16-14(9)12/h3-8,16-17H,2H2,1H3. The first-order chi connectivity index (χ1) is 9.48. The van der Waals surface area contributed by atoms with Crippen LogP contribution < -0.4 is 4.72 Å². The maximum Gasteiger partial charge on any atom is 0.319 e. The molecular formula is C14H13ClN2O2S. The number of nitrogens with one attached hydrogen (secondary N) is 2. The van der Waals surface area contributed by atoms with Gasteiger partial charge < -0.3 is 4.98 Å². The summed E-state index contributed by atoms with van der Waals surface area (Å²) in [5.74, 6) is 0. The monoisotopic (exact) mass is 308 g/mol. The summed E-state index contributed by atoms with van der Waals surface area (Å²) >= 11 is 0. The van der Waals surface area contributed by atoms with Gasteiger partial charge >= 0.3 is 9.24 Å². The Kier molecular flexibility index (Phi) is 3.11. The van der Waals surface area contributed by atoms with E-state index in [1.165, 1.54) is 5.56 Å². The van der Waals surface area contributed by atoms with Crippen molar-refractivity contribution in [2.45, 2.75) is 13.3 Å². The molecule has 0 aliphatic heterocycles. The third-order valence-electron chi connectivity index (χ3n) is 3.34. The Morgan fingerprint density at radius 3 is 2.70 bits per heavy atom. The van der Waals surface area contributed by atoms with Crippen LogP contribution >= 0.6 is 10.7 Å². The van der Waals surface area contributed by atoms with Crippen molar-refractivity contribution in [2.75, 3.05) is 4.72 Å². The van der Waals surface area contributed by atoms with Gasteiger partial charge in [-0.05, 0) is 24.1 Å². The topological polar surface area (TPSA) is 62.0 Å². The van der Waals surface area contributed by atoms with E-state index in [-0.39, 0.29) is 0 Å². The zero-order valence-corrected chi connectivity index (χ0v) is 12.3. The van der Waals surface area contributed by atoms with E-state index in [0.717, 1.165) is 28.2 Å². The number of benzene rings is 2. The molecule has 0 radical (unpaired) electrons. The molecule has 0 amide bonds. The van der Waals surface area contributed by atoms with Crippen molar-refractivity contribution < 1.29 is 8.42 Å². The lowest BCUT2D eigenvalue weighted by Gasteiger charge is -2.01. The van der Waals surface area contributed by atoms with Gasteiger partial charge in [-0.1, -0.05) is 31.2 Å². The van der Waals surface area contributed by atoms with Crippen LogP contribution in [0.1, 0.15) is 12.5 Å².